The maximum Gasteiger partial charge on any atom is 0.324 e. The first-order valence-corrected chi connectivity index (χ1v) is 5.27. The fraction of sp³-hybridized carbons (Fsp3) is 0.417. The monoisotopic (exact) mass is 221 g/mol. The minimum Gasteiger partial charge on any atom is -0.468 e. The quantitative estimate of drug-likeness (QED) is 0.597. The average Bonchev–Trinajstić information content (AvgIpc) is 3.11. The van der Waals surface area contributed by atoms with Crippen molar-refractivity contribution in [2.75, 3.05) is 20.3 Å². The molecule has 3 atom stereocenters. The number of methoxy groups -OCH3 is 1. The SMILES string of the molecule is COC(=O)[C@H]1CN1[C@H](CO)c1ccccc1. The summed E-state index contributed by atoms with van der Waals surface area (Å²) in [5.41, 5.74) is 1.02. The van der Waals surface area contributed by atoms with Gasteiger partial charge in [0.25, 0.3) is 0 Å². The Labute approximate surface area is 94.4 Å². The highest BCUT2D eigenvalue weighted by molar-refractivity contribution is 5.79. The van der Waals surface area contributed by atoms with Crippen LogP contribution >= 0.6 is 0 Å². The zero-order chi connectivity index (χ0) is 11.5. The van der Waals surface area contributed by atoms with Gasteiger partial charge in [0, 0.05) is 6.54 Å². The lowest BCUT2D eigenvalue weighted by Gasteiger charge is -2.16. The van der Waals surface area contributed by atoms with Crippen LogP contribution in [-0.4, -0.2) is 42.3 Å². The van der Waals surface area contributed by atoms with Crippen LogP contribution < -0.4 is 0 Å². The van der Waals surface area contributed by atoms with Crippen LogP contribution in [0.25, 0.3) is 0 Å². The van der Waals surface area contributed by atoms with Crippen molar-refractivity contribution in [3.8, 4) is 0 Å². The molecule has 1 aliphatic heterocycles. The first kappa shape index (κ1) is 11.1. The topological polar surface area (TPSA) is 49.5 Å². The van der Waals surface area contributed by atoms with E-state index in [4.69, 9.17) is 0 Å². The Bertz CT molecular complexity index is 366. The smallest absolute Gasteiger partial charge is 0.324 e. The third-order valence-corrected chi connectivity index (χ3v) is 2.88. The van der Waals surface area contributed by atoms with E-state index in [1.807, 2.05) is 35.2 Å². The summed E-state index contributed by atoms with van der Waals surface area (Å²) in [6.07, 6.45) is 0. The van der Waals surface area contributed by atoms with Gasteiger partial charge in [0.05, 0.1) is 19.8 Å². The molecule has 1 unspecified atom stereocenters. The highest BCUT2D eigenvalue weighted by atomic mass is 16.5. The number of carbonyl (C=O) groups excluding carboxylic acids is 1. The fourth-order valence-electron chi connectivity index (χ4n) is 1.92. The largest absolute Gasteiger partial charge is 0.468 e. The van der Waals surface area contributed by atoms with Gasteiger partial charge >= 0.3 is 5.97 Å². The molecule has 1 saturated heterocycles. The standard InChI is InChI=1S/C12H15NO3/c1-16-12(15)10-7-13(10)11(8-14)9-5-3-2-4-6-9/h2-6,10-11,14H,7-8H2,1H3/t10-,11-,13?/m1/s1. The Balaban J connectivity index is 2.06. The number of nitrogens with zero attached hydrogens (tertiary/aromatic N) is 1. The van der Waals surface area contributed by atoms with Crippen LogP contribution in [0.2, 0.25) is 0 Å². The number of rotatable bonds is 4. The Morgan fingerprint density at radius 2 is 2.25 bits per heavy atom. The van der Waals surface area contributed by atoms with E-state index in [0.29, 0.717) is 6.54 Å². The first-order chi connectivity index (χ1) is 7.77. The van der Waals surface area contributed by atoms with Crippen molar-refractivity contribution in [3.05, 3.63) is 35.9 Å². The second kappa shape index (κ2) is 4.63. The van der Waals surface area contributed by atoms with Crippen molar-refractivity contribution < 1.29 is 14.6 Å². The fourth-order valence-corrected chi connectivity index (χ4v) is 1.92. The molecule has 86 valence electrons. The van der Waals surface area contributed by atoms with Crippen molar-refractivity contribution in [2.24, 2.45) is 0 Å². The molecule has 1 aromatic rings. The van der Waals surface area contributed by atoms with Crippen molar-refractivity contribution in [1.29, 1.82) is 0 Å². The van der Waals surface area contributed by atoms with Crippen LogP contribution in [0.15, 0.2) is 30.3 Å². The molecule has 1 fully saturated rings. The van der Waals surface area contributed by atoms with Gasteiger partial charge in [0.15, 0.2) is 0 Å². The molecule has 0 aliphatic carbocycles. The molecule has 0 bridgehead atoms. The number of aliphatic hydroxyl groups is 1. The van der Waals surface area contributed by atoms with Gasteiger partial charge < -0.3 is 9.84 Å². The number of aliphatic hydroxyl groups excluding tert-OH is 1. The van der Waals surface area contributed by atoms with Gasteiger partial charge in [0.2, 0.25) is 0 Å². The second-order valence-electron chi connectivity index (χ2n) is 3.84. The van der Waals surface area contributed by atoms with Crippen LogP contribution in [0.3, 0.4) is 0 Å². The average molecular weight is 221 g/mol. The molecule has 0 saturated carbocycles. The maximum absolute atomic E-state index is 11.3. The molecule has 0 radical (unpaired) electrons. The number of hydrogen-bond donors (Lipinski definition) is 1. The summed E-state index contributed by atoms with van der Waals surface area (Å²) in [5.74, 6) is -0.227. The van der Waals surface area contributed by atoms with Crippen molar-refractivity contribution in [3.63, 3.8) is 0 Å². The van der Waals surface area contributed by atoms with E-state index in [2.05, 4.69) is 4.74 Å². The van der Waals surface area contributed by atoms with Crippen molar-refractivity contribution in [1.82, 2.24) is 4.90 Å². The van der Waals surface area contributed by atoms with Crippen LogP contribution in [0.1, 0.15) is 11.6 Å². The van der Waals surface area contributed by atoms with Crippen molar-refractivity contribution in [2.45, 2.75) is 12.1 Å². The Kier molecular flexibility index (Phi) is 3.22. The summed E-state index contributed by atoms with van der Waals surface area (Å²) in [4.78, 5) is 13.2. The summed E-state index contributed by atoms with van der Waals surface area (Å²) < 4.78 is 4.67. The van der Waals surface area contributed by atoms with Gasteiger partial charge in [0.1, 0.15) is 6.04 Å². The van der Waals surface area contributed by atoms with Crippen LogP contribution in [0, 0.1) is 0 Å². The van der Waals surface area contributed by atoms with Gasteiger partial charge in [-0.15, -0.1) is 0 Å². The number of ether oxygens (including phenoxy) is 1. The van der Waals surface area contributed by atoms with E-state index in [1.165, 1.54) is 7.11 Å². The molecule has 0 spiro atoms. The van der Waals surface area contributed by atoms with Crippen molar-refractivity contribution >= 4 is 5.97 Å². The second-order valence-corrected chi connectivity index (χ2v) is 3.84. The molecule has 4 heteroatoms. The summed E-state index contributed by atoms with van der Waals surface area (Å²) in [6, 6.07) is 9.38. The van der Waals surface area contributed by atoms with Gasteiger partial charge in [-0.05, 0) is 5.56 Å². The summed E-state index contributed by atoms with van der Waals surface area (Å²) in [5, 5.41) is 9.37. The lowest BCUT2D eigenvalue weighted by molar-refractivity contribution is -0.141. The van der Waals surface area contributed by atoms with E-state index >= 15 is 0 Å². The summed E-state index contributed by atoms with van der Waals surface area (Å²) in [7, 11) is 1.38. The molecule has 4 nitrogen and oxygen atoms in total. The highest BCUT2D eigenvalue weighted by Crippen LogP contribution is 2.32. The minimum absolute atomic E-state index is 0.0114. The van der Waals surface area contributed by atoms with Crippen LogP contribution in [0.4, 0.5) is 0 Å². The zero-order valence-corrected chi connectivity index (χ0v) is 9.17. The van der Waals surface area contributed by atoms with E-state index in [0.717, 1.165) is 5.56 Å². The molecular formula is C12H15NO3. The highest BCUT2D eigenvalue weighted by Gasteiger charge is 2.45. The molecule has 0 amide bonds. The zero-order valence-electron chi connectivity index (χ0n) is 9.17. The molecule has 16 heavy (non-hydrogen) atoms. The minimum atomic E-state index is -0.227. The molecule has 2 rings (SSSR count). The number of carbonyl (C=O) groups is 1. The molecule has 1 heterocycles. The third-order valence-electron chi connectivity index (χ3n) is 2.88. The van der Waals surface area contributed by atoms with Crippen LogP contribution in [0.5, 0.6) is 0 Å². The lowest BCUT2D eigenvalue weighted by Crippen LogP contribution is -2.21. The molecule has 1 aromatic carbocycles. The van der Waals surface area contributed by atoms with E-state index < -0.39 is 0 Å². The number of benzene rings is 1. The van der Waals surface area contributed by atoms with Gasteiger partial charge in [-0.3, -0.25) is 9.69 Å². The summed E-state index contributed by atoms with van der Waals surface area (Å²) in [6.45, 7) is 0.671. The first-order valence-electron chi connectivity index (χ1n) is 5.27. The Hall–Kier alpha value is -1.39. The normalized spacial score (nSPS) is 24.9. The van der Waals surface area contributed by atoms with E-state index in [1.54, 1.807) is 0 Å². The van der Waals surface area contributed by atoms with Gasteiger partial charge in [-0.1, -0.05) is 30.3 Å². The van der Waals surface area contributed by atoms with E-state index in [-0.39, 0.29) is 24.7 Å². The number of esters is 1. The Morgan fingerprint density at radius 1 is 1.56 bits per heavy atom. The molecule has 1 aliphatic rings. The molecule has 1 N–H and O–H groups in total. The number of hydrogen-bond acceptors (Lipinski definition) is 4. The molecular weight excluding hydrogens is 206 g/mol. The van der Waals surface area contributed by atoms with Gasteiger partial charge in [-0.2, -0.15) is 0 Å². The van der Waals surface area contributed by atoms with Crippen LogP contribution in [-0.2, 0) is 9.53 Å². The summed E-state index contributed by atoms with van der Waals surface area (Å²) >= 11 is 0. The predicted molar refractivity (Wildman–Crippen MR) is 58.8 cm³/mol. The third kappa shape index (κ3) is 2.08. The predicted octanol–water partition coefficient (Wildman–Crippen LogP) is 0.577. The Morgan fingerprint density at radius 3 is 2.81 bits per heavy atom. The van der Waals surface area contributed by atoms with E-state index in [9.17, 15) is 9.90 Å². The lowest BCUT2D eigenvalue weighted by atomic mass is 10.1. The maximum atomic E-state index is 11.3. The molecule has 0 aromatic heterocycles. The van der Waals surface area contributed by atoms with Gasteiger partial charge in [-0.25, -0.2) is 0 Å².